The summed E-state index contributed by atoms with van der Waals surface area (Å²) in [5, 5.41) is 2.92. The zero-order valence-corrected chi connectivity index (χ0v) is 14.2. The van der Waals surface area contributed by atoms with Gasteiger partial charge in [0, 0.05) is 21.9 Å². The first-order chi connectivity index (χ1) is 12.3. The van der Waals surface area contributed by atoms with E-state index < -0.39 is 0 Å². The summed E-state index contributed by atoms with van der Waals surface area (Å²) in [5.74, 6) is 2.07. The van der Waals surface area contributed by atoms with Crippen molar-refractivity contribution >= 4 is 23.4 Å². The Morgan fingerprint density at radius 1 is 1.24 bits per heavy atom. The highest BCUT2D eigenvalue weighted by atomic mass is 32.2. The van der Waals surface area contributed by atoms with Gasteiger partial charge in [-0.25, -0.2) is 4.98 Å². The molecule has 0 fully saturated rings. The summed E-state index contributed by atoms with van der Waals surface area (Å²) in [6, 6.07) is 15.3. The van der Waals surface area contributed by atoms with Crippen molar-refractivity contribution in [3.05, 3.63) is 61.0 Å². The Kier molecular flexibility index (Phi) is 4.43. The number of thioether (sulfide) groups is 1. The topological polar surface area (TPSA) is 64.4 Å². The second-order valence-electron chi connectivity index (χ2n) is 5.67. The van der Waals surface area contributed by atoms with Crippen LogP contribution in [0.25, 0.3) is 11.5 Å². The van der Waals surface area contributed by atoms with Crippen molar-refractivity contribution < 1.29 is 13.9 Å². The fourth-order valence-corrected chi connectivity index (χ4v) is 3.66. The number of benzene rings is 2. The molecule has 1 aliphatic heterocycles. The summed E-state index contributed by atoms with van der Waals surface area (Å²) in [7, 11) is 0. The van der Waals surface area contributed by atoms with E-state index in [0.717, 1.165) is 22.0 Å². The zero-order valence-electron chi connectivity index (χ0n) is 13.3. The highest BCUT2D eigenvalue weighted by molar-refractivity contribution is 7.99. The van der Waals surface area contributed by atoms with E-state index in [-0.39, 0.29) is 12.0 Å². The second-order valence-corrected chi connectivity index (χ2v) is 6.73. The predicted octanol–water partition coefficient (Wildman–Crippen LogP) is 4.22. The highest BCUT2D eigenvalue weighted by Crippen LogP contribution is 2.35. The Morgan fingerprint density at radius 3 is 3.04 bits per heavy atom. The molecular weight excluding hydrogens is 336 g/mol. The van der Waals surface area contributed by atoms with Gasteiger partial charge in [-0.05, 0) is 30.3 Å². The Morgan fingerprint density at radius 2 is 2.16 bits per heavy atom. The van der Waals surface area contributed by atoms with Gasteiger partial charge in [0.15, 0.2) is 0 Å². The van der Waals surface area contributed by atoms with Gasteiger partial charge in [0.05, 0.1) is 12.6 Å². The number of fused-ring (bicyclic) bond motifs is 1. The van der Waals surface area contributed by atoms with E-state index in [1.807, 2.05) is 48.5 Å². The average Bonchev–Trinajstić information content (AvgIpc) is 3.16. The van der Waals surface area contributed by atoms with Gasteiger partial charge < -0.3 is 14.5 Å². The minimum atomic E-state index is -0.130. The molecule has 1 atom stereocenters. The van der Waals surface area contributed by atoms with E-state index in [1.165, 1.54) is 6.26 Å². The lowest BCUT2D eigenvalue weighted by Crippen LogP contribution is -2.28. The second kappa shape index (κ2) is 7.03. The molecule has 2 aromatic carbocycles. The molecule has 1 N–H and O–H groups in total. The molecule has 1 amide bonds. The number of rotatable bonds is 4. The number of para-hydroxylation sites is 1. The van der Waals surface area contributed by atoms with E-state index in [1.54, 1.807) is 18.0 Å². The van der Waals surface area contributed by atoms with E-state index in [4.69, 9.17) is 9.15 Å². The largest absolute Gasteiger partial charge is 0.488 e. The van der Waals surface area contributed by atoms with Gasteiger partial charge in [-0.15, -0.1) is 11.8 Å². The van der Waals surface area contributed by atoms with Crippen LogP contribution in [0.4, 0.5) is 5.69 Å². The zero-order chi connectivity index (χ0) is 17.1. The van der Waals surface area contributed by atoms with E-state index in [2.05, 4.69) is 10.3 Å². The first kappa shape index (κ1) is 15.8. The molecule has 25 heavy (non-hydrogen) atoms. The number of ether oxygens (including phenoxy) is 1. The molecule has 1 unspecified atom stereocenters. The molecule has 1 aliphatic rings. The van der Waals surface area contributed by atoms with Crippen LogP contribution in [-0.4, -0.2) is 22.7 Å². The van der Waals surface area contributed by atoms with Crippen LogP contribution in [0.3, 0.4) is 0 Å². The fourth-order valence-electron chi connectivity index (χ4n) is 2.68. The van der Waals surface area contributed by atoms with Crippen molar-refractivity contribution in [1.29, 1.82) is 0 Å². The van der Waals surface area contributed by atoms with Crippen LogP contribution in [0, 0.1) is 0 Å². The van der Waals surface area contributed by atoms with Crippen LogP contribution in [0.5, 0.6) is 5.75 Å². The number of carbonyl (C=O) groups excluding carboxylic acids is 1. The van der Waals surface area contributed by atoms with Gasteiger partial charge in [-0.1, -0.05) is 18.2 Å². The molecule has 3 aromatic rings. The molecule has 2 heterocycles. The summed E-state index contributed by atoms with van der Waals surface area (Å²) >= 11 is 1.72. The molecule has 5 nitrogen and oxygen atoms in total. The molecule has 4 rings (SSSR count). The Labute approximate surface area is 149 Å². The molecule has 1 aromatic heterocycles. The van der Waals surface area contributed by atoms with Crippen molar-refractivity contribution in [3.63, 3.8) is 0 Å². The molecule has 6 heteroatoms. The molecule has 0 radical (unpaired) electrons. The number of amides is 1. The average molecular weight is 352 g/mol. The number of nitrogens with one attached hydrogen (secondary N) is 1. The number of hydrogen-bond acceptors (Lipinski definition) is 5. The number of anilines is 1. The van der Waals surface area contributed by atoms with Crippen LogP contribution < -0.4 is 10.1 Å². The Hall–Kier alpha value is -2.73. The molecule has 0 bridgehead atoms. The van der Waals surface area contributed by atoms with E-state index in [9.17, 15) is 4.79 Å². The van der Waals surface area contributed by atoms with Crippen LogP contribution in [0.2, 0.25) is 0 Å². The number of nitrogens with zero attached hydrogens (tertiary/aromatic N) is 1. The lowest BCUT2D eigenvalue weighted by atomic mass is 10.2. The number of hydrogen-bond donors (Lipinski definition) is 1. The van der Waals surface area contributed by atoms with Crippen molar-refractivity contribution in [2.75, 3.05) is 11.1 Å². The first-order valence-electron chi connectivity index (χ1n) is 7.96. The SMILES string of the molecule is O=C(CC1CSc2ccccc2O1)Nc1cccc(-c2ncco2)c1. The summed E-state index contributed by atoms with van der Waals surface area (Å²) in [6.07, 6.45) is 3.30. The summed E-state index contributed by atoms with van der Waals surface area (Å²) in [4.78, 5) is 17.6. The molecule has 0 aliphatic carbocycles. The van der Waals surface area contributed by atoms with E-state index in [0.29, 0.717) is 18.0 Å². The maximum atomic E-state index is 12.4. The van der Waals surface area contributed by atoms with Gasteiger partial charge in [0.1, 0.15) is 18.1 Å². The van der Waals surface area contributed by atoms with Gasteiger partial charge in [-0.3, -0.25) is 4.79 Å². The molecular formula is C19H16N2O3S. The minimum Gasteiger partial charge on any atom is -0.488 e. The van der Waals surface area contributed by atoms with Gasteiger partial charge >= 0.3 is 0 Å². The van der Waals surface area contributed by atoms with Crippen molar-refractivity contribution in [1.82, 2.24) is 4.98 Å². The van der Waals surface area contributed by atoms with Gasteiger partial charge in [-0.2, -0.15) is 0 Å². The quantitative estimate of drug-likeness (QED) is 0.761. The Bertz CT molecular complexity index is 880. The van der Waals surface area contributed by atoms with E-state index >= 15 is 0 Å². The molecule has 0 spiro atoms. The van der Waals surface area contributed by atoms with Gasteiger partial charge in [0.25, 0.3) is 0 Å². The molecule has 0 saturated carbocycles. The first-order valence-corrected chi connectivity index (χ1v) is 8.95. The van der Waals surface area contributed by atoms with Crippen molar-refractivity contribution in [2.45, 2.75) is 17.4 Å². The number of oxazole rings is 1. The lowest BCUT2D eigenvalue weighted by Gasteiger charge is -2.25. The summed E-state index contributed by atoms with van der Waals surface area (Å²) < 4.78 is 11.2. The van der Waals surface area contributed by atoms with Crippen molar-refractivity contribution in [3.8, 4) is 17.2 Å². The number of aromatic nitrogens is 1. The number of carbonyl (C=O) groups is 1. The third-order valence-corrected chi connectivity index (χ3v) is 4.99. The molecule has 0 saturated heterocycles. The maximum absolute atomic E-state index is 12.4. The minimum absolute atomic E-state index is 0.0745. The highest BCUT2D eigenvalue weighted by Gasteiger charge is 2.22. The van der Waals surface area contributed by atoms with Gasteiger partial charge in [0.2, 0.25) is 11.8 Å². The smallest absolute Gasteiger partial charge is 0.228 e. The monoisotopic (exact) mass is 352 g/mol. The standard InChI is InChI=1S/C19H16N2O3S/c22-18(11-15-12-25-17-7-2-1-6-16(17)24-15)21-14-5-3-4-13(10-14)19-20-8-9-23-19/h1-10,15H,11-12H2,(H,21,22). The van der Waals surface area contributed by atoms with Crippen LogP contribution in [0.1, 0.15) is 6.42 Å². The predicted molar refractivity (Wildman–Crippen MR) is 96.8 cm³/mol. The fraction of sp³-hybridized carbons (Fsp3) is 0.158. The molecule has 126 valence electrons. The summed E-state index contributed by atoms with van der Waals surface area (Å²) in [5.41, 5.74) is 1.53. The van der Waals surface area contributed by atoms with Crippen LogP contribution >= 0.6 is 11.8 Å². The van der Waals surface area contributed by atoms with Crippen LogP contribution in [-0.2, 0) is 4.79 Å². The lowest BCUT2D eigenvalue weighted by molar-refractivity contribution is -0.117. The maximum Gasteiger partial charge on any atom is 0.228 e. The summed E-state index contributed by atoms with van der Waals surface area (Å²) in [6.45, 7) is 0. The third kappa shape index (κ3) is 3.69. The Balaban J connectivity index is 1.39. The third-order valence-electron chi connectivity index (χ3n) is 3.81. The van der Waals surface area contributed by atoms with Crippen molar-refractivity contribution in [2.24, 2.45) is 0 Å². The van der Waals surface area contributed by atoms with Crippen LogP contribution in [0.15, 0.2) is 70.3 Å². The normalized spacial score (nSPS) is 15.9.